The number of ether oxygens (including phenoxy) is 2. The number of hydrogen-bond acceptors (Lipinski definition) is 6. The summed E-state index contributed by atoms with van der Waals surface area (Å²) in [5.74, 6) is 1.85. The van der Waals surface area contributed by atoms with Crippen LogP contribution in [0.2, 0.25) is 0 Å². The molecule has 1 atom stereocenters. The smallest absolute Gasteiger partial charge is 0.228 e. The van der Waals surface area contributed by atoms with E-state index in [1.54, 1.807) is 14.2 Å². The van der Waals surface area contributed by atoms with Gasteiger partial charge in [0.2, 0.25) is 11.7 Å². The number of likely N-dealkylation sites (N-methyl/N-ethyl adjacent to an activating group) is 1. The SMILES string of the molecule is CNC(COC)Cc1nc(-c2ccc(C)cc2OC)no1. The van der Waals surface area contributed by atoms with Crippen LogP contribution in [0, 0.1) is 6.92 Å². The van der Waals surface area contributed by atoms with Crippen molar-refractivity contribution in [2.45, 2.75) is 19.4 Å². The first-order chi connectivity index (χ1) is 10.2. The fourth-order valence-electron chi connectivity index (χ4n) is 2.09. The zero-order chi connectivity index (χ0) is 15.2. The molecular weight excluding hydrogens is 270 g/mol. The molecule has 2 aromatic rings. The molecule has 2 rings (SSSR count). The van der Waals surface area contributed by atoms with Crippen molar-refractivity contribution in [3.63, 3.8) is 0 Å². The van der Waals surface area contributed by atoms with Crippen LogP contribution in [0.5, 0.6) is 5.75 Å². The van der Waals surface area contributed by atoms with Gasteiger partial charge in [-0.15, -0.1) is 0 Å². The van der Waals surface area contributed by atoms with Gasteiger partial charge in [-0.1, -0.05) is 11.2 Å². The van der Waals surface area contributed by atoms with Crippen LogP contribution in [-0.4, -0.2) is 44.1 Å². The summed E-state index contributed by atoms with van der Waals surface area (Å²) in [6, 6.07) is 6.03. The van der Waals surface area contributed by atoms with Crippen molar-refractivity contribution in [3.8, 4) is 17.1 Å². The minimum absolute atomic E-state index is 0.142. The van der Waals surface area contributed by atoms with E-state index in [1.807, 2.05) is 32.2 Å². The molecule has 0 bridgehead atoms. The van der Waals surface area contributed by atoms with Crippen molar-refractivity contribution in [2.24, 2.45) is 0 Å². The van der Waals surface area contributed by atoms with Crippen LogP contribution in [0.25, 0.3) is 11.4 Å². The topological polar surface area (TPSA) is 69.4 Å². The Hall–Kier alpha value is -1.92. The Bertz CT molecular complexity index is 583. The molecule has 0 fully saturated rings. The summed E-state index contributed by atoms with van der Waals surface area (Å²) in [7, 11) is 5.18. The highest BCUT2D eigenvalue weighted by atomic mass is 16.5. The fourth-order valence-corrected chi connectivity index (χ4v) is 2.09. The maximum Gasteiger partial charge on any atom is 0.228 e. The van der Waals surface area contributed by atoms with Gasteiger partial charge in [-0.25, -0.2) is 0 Å². The third-order valence-corrected chi connectivity index (χ3v) is 3.26. The normalized spacial score (nSPS) is 12.4. The van der Waals surface area contributed by atoms with Crippen molar-refractivity contribution in [3.05, 3.63) is 29.7 Å². The molecule has 0 radical (unpaired) electrons. The fraction of sp³-hybridized carbons (Fsp3) is 0.467. The molecule has 1 N–H and O–H groups in total. The van der Waals surface area contributed by atoms with Crippen LogP contribution in [-0.2, 0) is 11.2 Å². The van der Waals surface area contributed by atoms with Crippen LogP contribution in [0.1, 0.15) is 11.5 Å². The van der Waals surface area contributed by atoms with Gasteiger partial charge in [0.25, 0.3) is 0 Å². The van der Waals surface area contributed by atoms with Gasteiger partial charge in [-0.2, -0.15) is 4.98 Å². The number of nitrogens with one attached hydrogen (secondary N) is 1. The average molecular weight is 291 g/mol. The Morgan fingerprint density at radius 3 is 2.81 bits per heavy atom. The highest BCUT2D eigenvalue weighted by molar-refractivity contribution is 5.64. The summed E-state index contributed by atoms with van der Waals surface area (Å²) in [6.45, 7) is 2.60. The number of rotatable bonds is 7. The summed E-state index contributed by atoms with van der Waals surface area (Å²) >= 11 is 0. The van der Waals surface area contributed by atoms with Gasteiger partial charge in [0, 0.05) is 19.6 Å². The van der Waals surface area contributed by atoms with Crippen molar-refractivity contribution in [1.82, 2.24) is 15.5 Å². The second kappa shape index (κ2) is 7.19. The lowest BCUT2D eigenvalue weighted by Gasteiger charge is -2.11. The van der Waals surface area contributed by atoms with Crippen LogP contribution < -0.4 is 10.1 Å². The van der Waals surface area contributed by atoms with Gasteiger partial charge >= 0.3 is 0 Å². The molecule has 0 aliphatic rings. The number of methoxy groups -OCH3 is 2. The quantitative estimate of drug-likeness (QED) is 0.839. The van der Waals surface area contributed by atoms with Crippen LogP contribution in [0.3, 0.4) is 0 Å². The summed E-state index contributed by atoms with van der Waals surface area (Å²) in [5.41, 5.74) is 1.94. The highest BCUT2D eigenvalue weighted by Crippen LogP contribution is 2.28. The first kappa shape index (κ1) is 15.5. The lowest BCUT2D eigenvalue weighted by Crippen LogP contribution is -2.32. The summed E-state index contributed by atoms with van der Waals surface area (Å²) in [5, 5.41) is 7.19. The van der Waals surface area contributed by atoms with Crippen LogP contribution >= 0.6 is 0 Å². The number of nitrogens with zero attached hydrogens (tertiary/aromatic N) is 2. The zero-order valence-corrected chi connectivity index (χ0v) is 12.8. The highest BCUT2D eigenvalue weighted by Gasteiger charge is 2.16. The lowest BCUT2D eigenvalue weighted by atomic mass is 10.1. The Morgan fingerprint density at radius 1 is 1.33 bits per heavy atom. The molecule has 0 aliphatic heterocycles. The van der Waals surface area contributed by atoms with Gasteiger partial charge in [0.15, 0.2) is 0 Å². The van der Waals surface area contributed by atoms with E-state index in [0.29, 0.717) is 24.7 Å². The van der Waals surface area contributed by atoms with Gasteiger partial charge in [-0.05, 0) is 31.7 Å². The Kier molecular flexibility index (Phi) is 5.30. The lowest BCUT2D eigenvalue weighted by molar-refractivity contribution is 0.165. The van der Waals surface area contributed by atoms with Crippen LogP contribution in [0.15, 0.2) is 22.7 Å². The van der Waals surface area contributed by atoms with Crippen LogP contribution in [0.4, 0.5) is 0 Å². The van der Waals surface area contributed by atoms with Gasteiger partial charge in [0.05, 0.1) is 19.3 Å². The summed E-state index contributed by atoms with van der Waals surface area (Å²) < 4.78 is 15.8. The molecule has 6 heteroatoms. The predicted octanol–water partition coefficient (Wildman–Crippen LogP) is 1.83. The summed E-state index contributed by atoms with van der Waals surface area (Å²) in [4.78, 5) is 4.44. The molecule has 1 aromatic heterocycles. The number of benzene rings is 1. The molecule has 0 amide bonds. The first-order valence-corrected chi connectivity index (χ1v) is 6.81. The second-order valence-electron chi connectivity index (χ2n) is 4.86. The molecule has 114 valence electrons. The Balaban J connectivity index is 2.20. The minimum atomic E-state index is 0.142. The van der Waals surface area contributed by atoms with Gasteiger partial charge in [0.1, 0.15) is 5.75 Å². The van der Waals surface area contributed by atoms with Crippen molar-refractivity contribution in [1.29, 1.82) is 0 Å². The molecule has 0 spiro atoms. The van der Waals surface area contributed by atoms with Crippen molar-refractivity contribution >= 4 is 0 Å². The predicted molar refractivity (Wildman–Crippen MR) is 79.5 cm³/mol. The zero-order valence-electron chi connectivity index (χ0n) is 12.8. The number of hydrogen-bond donors (Lipinski definition) is 1. The molecule has 1 heterocycles. The third kappa shape index (κ3) is 3.80. The molecule has 1 aromatic carbocycles. The Morgan fingerprint density at radius 2 is 2.14 bits per heavy atom. The third-order valence-electron chi connectivity index (χ3n) is 3.26. The molecule has 6 nitrogen and oxygen atoms in total. The first-order valence-electron chi connectivity index (χ1n) is 6.81. The minimum Gasteiger partial charge on any atom is -0.496 e. The number of aryl methyl sites for hydroxylation is 1. The largest absolute Gasteiger partial charge is 0.496 e. The van der Waals surface area contributed by atoms with Crippen molar-refractivity contribution < 1.29 is 14.0 Å². The average Bonchev–Trinajstić information content (AvgIpc) is 2.94. The second-order valence-corrected chi connectivity index (χ2v) is 4.86. The van der Waals surface area contributed by atoms with E-state index in [4.69, 9.17) is 14.0 Å². The molecule has 0 aliphatic carbocycles. The molecule has 1 unspecified atom stereocenters. The van der Waals surface area contributed by atoms with Gasteiger partial charge in [-0.3, -0.25) is 0 Å². The molecular formula is C15H21N3O3. The molecule has 21 heavy (non-hydrogen) atoms. The van der Waals surface area contributed by atoms with E-state index in [-0.39, 0.29) is 6.04 Å². The van der Waals surface area contributed by atoms with E-state index in [2.05, 4.69) is 15.5 Å². The van der Waals surface area contributed by atoms with E-state index >= 15 is 0 Å². The van der Waals surface area contributed by atoms with Gasteiger partial charge < -0.3 is 19.3 Å². The van der Waals surface area contributed by atoms with E-state index in [0.717, 1.165) is 16.9 Å². The standard InChI is InChI=1S/C15H21N3O3/c1-10-5-6-12(13(7-10)20-4)15-17-14(21-18-15)8-11(16-2)9-19-3/h5-7,11,16H,8-9H2,1-4H3. The molecule has 0 saturated heterocycles. The maximum absolute atomic E-state index is 5.38. The monoisotopic (exact) mass is 291 g/mol. The van der Waals surface area contributed by atoms with E-state index < -0.39 is 0 Å². The van der Waals surface area contributed by atoms with Crippen molar-refractivity contribution in [2.75, 3.05) is 27.9 Å². The number of aromatic nitrogens is 2. The summed E-state index contributed by atoms with van der Waals surface area (Å²) in [6.07, 6.45) is 0.617. The van der Waals surface area contributed by atoms with E-state index in [1.165, 1.54) is 0 Å². The molecule has 0 saturated carbocycles. The van der Waals surface area contributed by atoms with E-state index in [9.17, 15) is 0 Å². The Labute approximate surface area is 124 Å². The maximum atomic E-state index is 5.38.